The zero-order valence-corrected chi connectivity index (χ0v) is 21.3. The first-order valence-corrected chi connectivity index (χ1v) is 11.7. The van der Waals surface area contributed by atoms with Crippen molar-refractivity contribution < 1.29 is 19.1 Å². The van der Waals surface area contributed by atoms with Crippen LogP contribution in [0.3, 0.4) is 0 Å². The third kappa shape index (κ3) is 7.34. The summed E-state index contributed by atoms with van der Waals surface area (Å²) >= 11 is 12.2. The minimum absolute atomic E-state index is 0.142. The highest BCUT2D eigenvalue weighted by atomic mass is 35.5. The highest BCUT2D eigenvalue weighted by Crippen LogP contribution is 2.28. The standard InChI is InChI=1S/C27H25Cl2N3O4/c1-32(16-24(29)27(35)30-17-33)22-11-9-21(10-12-22)31-26(34)14-18-5-3-6-19(13-18)20-7-4-8-25(36-2)23(28)15-20/h3,5-13,15-17H,4,14H2,1-2H3,(H,31,34)(H,30,33,35)/b24-16+. The number of anilines is 2. The Morgan fingerprint density at radius 1 is 1.14 bits per heavy atom. The van der Waals surface area contributed by atoms with Gasteiger partial charge in [0.25, 0.3) is 5.91 Å². The third-order valence-corrected chi connectivity index (χ3v) is 5.84. The maximum Gasteiger partial charge on any atom is 0.270 e. The molecule has 2 N–H and O–H groups in total. The lowest BCUT2D eigenvalue weighted by Gasteiger charge is -2.15. The smallest absolute Gasteiger partial charge is 0.270 e. The van der Waals surface area contributed by atoms with E-state index in [1.807, 2.05) is 41.7 Å². The molecule has 0 atom stereocenters. The molecular formula is C27H25Cl2N3O4. The zero-order chi connectivity index (χ0) is 26.1. The van der Waals surface area contributed by atoms with E-state index in [1.165, 1.54) is 6.20 Å². The quantitative estimate of drug-likeness (QED) is 0.351. The van der Waals surface area contributed by atoms with Crippen LogP contribution in [0.5, 0.6) is 0 Å². The van der Waals surface area contributed by atoms with Gasteiger partial charge >= 0.3 is 0 Å². The molecule has 36 heavy (non-hydrogen) atoms. The lowest BCUT2D eigenvalue weighted by Crippen LogP contribution is -2.22. The Balaban J connectivity index is 1.63. The number of carbonyl (C=O) groups is 3. The molecule has 0 unspecified atom stereocenters. The van der Waals surface area contributed by atoms with Gasteiger partial charge in [0.1, 0.15) is 10.8 Å². The minimum atomic E-state index is -0.697. The topological polar surface area (TPSA) is 87.7 Å². The van der Waals surface area contributed by atoms with Crippen LogP contribution in [-0.4, -0.2) is 32.4 Å². The van der Waals surface area contributed by atoms with Crippen molar-refractivity contribution in [2.24, 2.45) is 0 Å². The predicted octanol–water partition coefficient (Wildman–Crippen LogP) is 5.10. The van der Waals surface area contributed by atoms with E-state index in [9.17, 15) is 14.4 Å². The van der Waals surface area contributed by atoms with Gasteiger partial charge in [0.2, 0.25) is 12.3 Å². The second-order valence-corrected chi connectivity index (χ2v) is 8.63. The van der Waals surface area contributed by atoms with Gasteiger partial charge in [0.15, 0.2) is 0 Å². The van der Waals surface area contributed by atoms with Crippen molar-refractivity contribution in [2.45, 2.75) is 12.8 Å². The van der Waals surface area contributed by atoms with Crippen molar-refractivity contribution >= 4 is 58.4 Å². The van der Waals surface area contributed by atoms with E-state index >= 15 is 0 Å². The molecule has 0 saturated heterocycles. The van der Waals surface area contributed by atoms with Crippen LogP contribution in [0.4, 0.5) is 11.4 Å². The van der Waals surface area contributed by atoms with E-state index in [-0.39, 0.29) is 23.8 Å². The average Bonchev–Trinajstić information content (AvgIpc) is 3.05. The molecule has 0 aromatic heterocycles. The van der Waals surface area contributed by atoms with E-state index in [2.05, 4.69) is 11.4 Å². The van der Waals surface area contributed by atoms with E-state index < -0.39 is 5.91 Å². The maximum atomic E-state index is 12.7. The molecule has 3 amide bonds. The number of amides is 3. The van der Waals surface area contributed by atoms with Crippen LogP contribution in [0, 0.1) is 0 Å². The van der Waals surface area contributed by atoms with Crippen molar-refractivity contribution in [3.63, 3.8) is 0 Å². The summed E-state index contributed by atoms with van der Waals surface area (Å²) < 4.78 is 5.29. The normalized spacial score (nSPS) is 13.4. The summed E-state index contributed by atoms with van der Waals surface area (Å²) in [6.45, 7) is 0. The van der Waals surface area contributed by atoms with Crippen molar-refractivity contribution in [1.29, 1.82) is 0 Å². The first-order chi connectivity index (χ1) is 17.3. The number of nitrogens with one attached hydrogen (secondary N) is 2. The molecule has 3 rings (SSSR count). The number of carbonyl (C=O) groups excluding carboxylic acids is 3. The molecule has 0 aliphatic heterocycles. The summed E-state index contributed by atoms with van der Waals surface area (Å²) in [5, 5.41) is 5.24. The summed E-state index contributed by atoms with van der Waals surface area (Å²) in [5.41, 5.74) is 4.14. The molecule has 0 bridgehead atoms. The Morgan fingerprint density at radius 3 is 2.58 bits per heavy atom. The van der Waals surface area contributed by atoms with E-state index in [1.54, 1.807) is 43.3 Å². The van der Waals surface area contributed by atoms with Crippen LogP contribution in [-0.2, 0) is 25.5 Å². The van der Waals surface area contributed by atoms with Gasteiger partial charge in [-0.25, -0.2) is 0 Å². The maximum absolute atomic E-state index is 12.7. The van der Waals surface area contributed by atoms with Crippen LogP contribution in [0.2, 0.25) is 0 Å². The summed E-state index contributed by atoms with van der Waals surface area (Å²) in [4.78, 5) is 36.2. The number of rotatable bonds is 9. The van der Waals surface area contributed by atoms with Crippen LogP contribution in [0.15, 0.2) is 88.8 Å². The number of halogens is 2. The number of hydrogen-bond donors (Lipinski definition) is 2. The monoisotopic (exact) mass is 525 g/mol. The van der Waals surface area contributed by atoms with Gasteiger partial charge < -0.3 is 15.0 Å². The number of allylic oxidation sites excluding steroid dienone is 5. The predicted molar refractivity (Wildman–Crippen MR) is 143 cm³/mol. The van der Waals surface area contributed by atoms with Gasteiger partial charge in [0.05, 0.1) is 18.6 Å². The van der Waals surface area contributed by atoms with Crippen molar-refractivity contribution in [3.05, 3.63) is 99.9 Å². The van der Waals surface area contributed by atoms with Crippen LogP contribution < -0.4 is 15.5 Å². The Hall–Kier alpha value is -3.81. The molecule has 1 aliphatic carbocycles. The highest BCUT2D eigenvalue weighted by molar-refractivity contribution is 6.42. The Bertz CT molecular complexity index is 1260. The van der Waals surface area contributed by atoms with Gasteiger partial charge in [-0.2, -0.15) is 0 Å². The Kier molecular flexibility index (Phi) is 9.50. The first kappa shape index (κ1) is 26.8. The second kappa shape index (κ2) is 12.8. The number of ether oxygens (including phenoxy) is 1. The Labute approximate surface area is 219 Å². The fourth-order valence-corrected chi connectivity index (χ4v) is 3.97. The zero-order valence-electron chi connectivity index (χ0n) is 19.8. The fourth-order valence-electron chi connectivity index (χ4n) is 3.50. The van der Waals surface area contributed by atoms with Crippen molar-refractivity contribution in [1.82, 2.24) is 5.32 Å². The highest BCUT2D eigenvalue weighted by Gasteiger charge is 2.11. The van der Waals surface area contributed by atoms with Gasteiger partial charge in [-0.1, -0.05) is 53.5 Å². The summed E-state index contributed by atoms with van der Waals surface area (Å²) in [6.07, 6.45) is 8.38. The number of methoxy groups -OCH3 is 1. The van der Waals surface area contributed by atoms with Crippen molar-refractivity contribution in [3.8, 4) is 0 Å². The lowest BCUT2D eigenvalue weighted by atomic mass is 10.0. The molecule has 2 aromatic carbocycles. The van der Waals surface area contributed by atoms with E-state index in [0.29, 0.717) is 22.9 Å². The summed E-state index contributed by atoms with van der Waals surface area (Å²) in [7, 11) is 3.29. The molecule has 0 heterocycles. The van der Waals surface area contributed by atoms with Crippen LogP contribution in [0.25, 0.3) is 5.57 Å². The van der Waals surface area contributed by atoms with Gasteiger partial charge in [-0.05, 0) is 59.5 Å². The molecule has 0 saturated carbocycles. The van der Waals surface area contributed by atoms with Gasteiger partial charge in [0, 0.05) is 24.6 Å². The molecule has 0 fully saturated rings. The minimum Gasteiger partial charge on any atom is -0.496 e. The molecule has 0 spiro atoms. The lowest BCUT2D eigenvalue weighted by molar-refractivity contribution is -0.122. The molecule has 2 aromatic rings. The second-order valence-electron chi connectivity index (χ2n) is 7.81. The van der Waals surface area contributed by atoms with E-state index in [0.717, 1.165) is 22.4 Å². The third-order valence-electron chi connectivity index (χ3n) is 5.28. The number of hydrogen-bond acceptors (Lipinski definition) is 5. The van der Waals surface area contributed by atoms with E-state index in [4.69, 9.17) is 27.9 Å². The fraction of sp³-hybridized carbons (Fsp3) is 0.148. The number of benzene rings is 2. The average molecular weight is 526 g/mol. The molecular weight excluding hydrogens is 501 g/mol. The van der Waals surface area contributed by atoms with Crippen molar-refractivity contribution in [2.75, 3.05) is 24.4 Å². The Morgan fingerprint density at radius 2 is 1.89 bits per heavy atom. The summed E-state index contributed by atoms with van der Waals surface area (Å²) in [6, 6.07) is 14.8. The first-order valence-electron chi connectivity index (χ1n) is 11.0. The number of nitrogens with zero attached hydrogens (tertiary/aromatic N) is 1. The van der Waals surface area contributed by atoms with Crippen LogP contribution >= 0.6 is 23.2 Å². The summed E-state index contributed by atoms with van der Waals surface area (Å²) in [5.74, 6) is -0.219. The SMILES string of the molecule is COC1=CCC=C(c2cccc(CC(=O)Nc3ccc(N(C)/C=C(/Cl)C(=O)NC=O)cc3)c2)C=C1Cl. The molecule has 9 heteroatoms. The molecule has 0 radical (unpaired) electrons. The van der Waals surface area contributed by atoms with Crippen LogP contribution in [0.1, 0.15) is 17.5 Å². The molecule has 7 nitrogen and oxygen atoms in total. The molecule has 1 aliphatic rings. The molecule has 186 valence electrons. The van der Waals surface area contributed by atoms with Gasteiger partial charge in [-0.3, -0.25) is 19.7 Å². The number of imide groups is 1. The van der Waals surface area contributed by atoms with Gasteiger partial charge in [-0.15, -0.1) is 0 Å². The largest absolute Gasteiger partial charge is 0.496 e.